The number of anilines is 3. The first-order chi connectivity index (χ1) is 9.04. The minimum absolute atomic E-state index is 0.0502. The lowest BCUT2D eigenvalue weighted by atomic mass is 10.2. The Balaban J connectivity index is 2.55. The van der Waals surface area contributed by atoms with Crippen molar-refractivity contribution in [3.63, 3.8) is 0 Å². The van der Waals surface area contributed by atoms with Crippen LogP contribution in [0.25, 0.3) is 0 Å². The molecule has 0 atom stereocenters. The molecule has 0 saturated heterocycles. The fraction of sp³-hybridized carbons (Fsp3) is 0.143. The highest BCUT2D eigenvalue weighted by atomic mass is 35.5. The Hall–Kier alpha value is -1.81. The van der Waals surface area contributed by atoms with Gasteiger partial charge in [-0.2, -0.15) is 0 Å². The van der Waals surface area contributed by atoms with Crippen molar-refractivity contribution < 1.29 is 8.78 Å². The quantitative estimate of drug-likeness (QED) is 0.848. The third kappa shape index (κ3) is 2.63. The maximum absolute atomic E-state index is 13.8. The minimum Gasteiger partial charge on any atom is -0.397 e. The summed E-state index contributed by atoms with van der Waals surface area (Å²) in [6.45, 7) is 2.28. The Morgan fingerprint density at radius 1 is 1.11 bits per heavy atom. The molecule has 0 bridgehead atoms. The van der Waals surface area contributed by atoms with Gasteiger partial charge in [-0.1, -0.05) is 23.7 Å². The Morgan fingerprint density at radius 3 is 2.42 bits per heavy atom. The van der Waals surface area contributed by atoms with Crippen molar-refractivity contribution in [1.29, 1.82) is 0 Å². The van der Waals surface area contributed by atoms with E-state index >= 15 is 0 Å². The van der Waals surface area contributed by atoms with Crippen molar-refractivity contribution in [2.24, 2.45) is 0 Å². The topological polar surface area (TPSA) is 29.3 Å². The number of nitrogens with zero attached hydrogens (tertiary/aromatic N) is 1. The van der Waals surface area contributed by atoms with Crippen LogP contribution < -0.4 is 10.6 Å². The third-order valence-electron chi connectivity index (χ3n) is 2.82. The van der Waals surface area contributed by atoms with Gasteiger partial charge in [-0.3, -0.25) is 0 Å². The highest BCUT2D eigenvalue weighted by molar-refractivity contribution is 6.31. The number of hydrogen-bond acceptors (Lipinski definition) is 2. The monoisotopic (exact) mass is 282 g/mol. The summed E-state index contributed by atoms with van der Waals surface area (Å²) < 4.78 is 27.4. The molecule has 0 aliphatic carbocycles. The third-order valence-corrected chi connectivity index (χ3v) is 3.11. The summed E-state index contributed by atoms with van der Waals surface area (Å²) >= 11 is 5.66. The van der Waals surface area contributed by atoms with Crippen LogP contribution in [0.1, 0.15) is 6.92 Å². The van der Waals surface area contributed by atoms with E-state index in [4.69, 9.17) is 17.3 Å². The number of halogens is 3. The van der Waals surface area contributed by atoms with E-state index < -0.39 is 5.82 Å². The van der Waals surface area contributed by atoms with E-state index in [1.807, 2.05) is 6.92 Å². The summed E-state index contributed by atoms with van der Waals surface area (Å²) in [6, 6.07) is 8.82. The van der Waals surface area contributed by atoms with Crippen molar-refractivity contribution in [2.45, 2.75) is 6.92 Å². The summed E-state index contributed by atoms with van der Waals surface area (Å²) in [5, 5.41) is -0.0502. The second kappa shape index (κ2) is 5.45. The first kappa shape index (κ1) is 13.6. The summed E-state index contributed by atoms with van der Waals surface area (Å²) in [4.78, 5) is 1.60. The van der Waals surface area contributed by atoms with Crippen molar-refractivity contribution in [1.82, 2.24) is 0 Å². The predicted octanol–water partition coefficient (Wildman–Crippen LogP) is 4.36. The van der Waals surface area contributed by atoms with Crippen molar-refractivity contribution in [3.05, 3.63) is 53.1 Å². The summed E-state index contributed by atoms with van der Waals surface area (Å²) in [5.74, 6) is -0.972. The van der Waals surface area contributed by atoms with Crippen LogP contribution in [0.2, 0.25) is 5.02 Å². The Morgan fingerprint density at radius 2 is 1.79 bits per heavy atom. The Kier molecular flexibility index (Phi) is 3.90. The maximum Gasteiger partial charge on any atom is 0.146 e. The molecule has 2 aromatic carbocycles. The molecule has 2 aromatic rings. The SMILES string of the molecule is CCN(c1cc(F)c(Cl)cc1N)c1ccccc1F. The lowest BCUT2D eigenvalue weighted by molar-refractivity contribution is 0.622. The smallest absolute Gasteiger partial charge is 0.146 e. The number of para-hydroxylation sites is 1. The first-order valence-electron chi connectivity index (χ1n) is 5.81. The number of hydrogen-bond donors (Lipinski definition) is 1. The summed E-state index contributed by atoms with van der Waals surface area (Å²) in [6.07, 6.45) is 0. The molecule has 0 saturated carbocycles. The van der Waals surface area contributed by atoms with Crippen LogP contribution in [0, 0.1) is 11.6 Å². The summed E-state index contributed by atoms with van der Waals surface area (Å²) in [7, 11) is 0. The van der Waals surface area contributed by atoms with E-state index in [1.54, 1.807) is 23.1 Å². The molecule has 0 aliphatic rings. The molecular formula is C14H13ClF2N2. The molecule has 2 N–H and O–H groups in total. The highest BCUT2D eigenvalue weighted by Gasteiger charge is 2.16. The van der Waals surface area contributed by atoms with Gasteiger partial charge in [0.25, 0.3) is 0 Å². The van der Waals surface area contributed by atoms with Gasteiger partial charge in [-0.15, -0.1) is 0 Å². The molecule has 0 heterocycles. The van der Waals surface area contributed by atoms with Crippen LogP contribution in [-0.4, -0.2) is 6.54 Å². The lowest BCUT2D eigenvalue weighted by Crippen LogP contribution is -2.19. The molecule has 0 amide bonds. The summed E-state index contributed by atoms with van der Waals surface area (Å²) in [5.41, 5.74) is 6.88. The van der Waals surface area contributed by atoms with Crippen LogP contribution in [0.3, 0.4) is 0 Å². The van der Waals surface area contributed by atoms with Gasteiger partial charge in [-0.25, -0.2) is 8.78 Å². The molecule has 0 spiro atoms. The van der Waals surface area contributed by atoms with E-state index in [2.05, 4.69) is 0 Å². The number of nitrogen functional groups attached to an aromatic ring is 1. The fourth-order valence-electron chi connectivity index (χ4n) is 1.93. The van der Waals surface area contributed by atoms with E-state index in [-0.39, 0.29) is 10.8 Å². The van der Waals surface area contributed by atoms with Gasteiger partial charge in [0.05, 0.1) is 22.1 Å². The van der Waals surface area contributed by atoms with Gasteiger partial charge in [0.1, 0.15) is 11.6 Å². The fourth-order valence-corrected chi connectivity index (χ4v) is 2.10. The molecule has 5 heteroatoms. The first-order valence-corrected chi connectivity index (χ1v) is 6.19. The van der Waals surface area contributed by atoms with Crippen LogP contribution in [0.5, 0.6) is 0 Å². The second-order valence-corrected chi connectivity index (χ2v) is 4.43. The Labute approximate surface area is 115 Å². The molecule has 0 radical (unpaired) electrons. The number of rotatable bonds is 3. The van der Waals surface area contributed by atoms with Gasteiger partial charge in [0, 0.05) is 12.6 Å². The maximum atomic E-state index is 13.8. The molecule has 0 aliphatic heterocycles. The largest absolute Gasteiger partial charge is 0.397 e. The predicted molar refractivity (Wildman–Crippen MR) is 74.9 cm³/mol. The average molecular weight is 283 g/mol. The van der Waals surface area contributed by atoms with Gasteiger partial charge >= 0.3 is 0 Å². The molecule has 19 heavy (non-hydrogen) atoms. The standard InChI is InChI=1S/C14H13ClF2N2/c1-2-19(13-6-4-3-5-10(13)16)14-8-11(17)9(15)7-12(14)18/h3-8H,2,18H2,1H3. The van der Waals surface area contributed by atoms with Crippen LogP contribution in [-0.2, 0) is 0 Å². The van der Waals surface area contributed by atoms with E-state index in [9.17, 15) is 8.78 Å². The zero-order chi connectivity index (χ0) is 14.0. The normalized spacial score (nSPS) is 10.5. The molecule has 2 nitrogen and oxygen atoms in total. The van der Waals surface area contributed by atoms with Crippen molar-refractivity contribution in [3.8, 4) is 0 Å². The average Bonchev–Trinajstić information content (AvgIpc) is 2.38. The van der Waals surface area contributed by atoms with Crippen molar-refractivity contribution >= 4 is 28.7 Å². The van der Waals surface area contributed by atoms with Crippen LogP contribution in [0.4, 0.5) is 25.8 Å². The van der Waals surface area contributed by atoms with Gasteiger partial charge in [0.15, 0.2) is 0 Å². The lowest BCUT2D eigenvalue weighted by Gasteiger charge is -2.25. The molecule has 0 aromatic heterocycles. The molecule has 0 fully saturated rings. The van der Waals surface area contributed by atoms with E-state index in [0.717, 1.165) is 0 Å². The number of benzene rings is 2. The van der Waals surface area contributed by atoms with Crippen LogP contribution in [0.15, 0.2) is 36.4 Å². The Bertz CT molecular complexity index is 602. The van der Waals surface area contributed by atoms with Crippen LogP contribution >= 0.6 is 11.6 Å². The van der Waals surface area contributed by atoms with Crippen molar-refractivity contribution in [2.75, 3.05) is 17.2 Å². The van der Waals surface area contributed by atoms with Gasteiger partial charge in [0.2, 0.25) is 0 Å². The van der Waals surface area contributed by atoms with E-state index in [0.29, 0.717) is 23.6 Å². The molecule has 0 unspecified atom stereocenters. The van der Waals surface area contributed by atoms with E-state index in [1.165, 1.54) is 18.2 Å². The number of nitrogens with two attached hydrogens (primary N) is 1. The zero-order valence-electron chi connectivity index (χ0n) is 10.3. The molecule has 2 rings (SSSR count). The highest BCUT2D eigenvalue weighted by Crippen LogP contribution is 2.34. The second-order valence-electron chi connectivity index (χ2n) is 4.02. The molecule has 100 valence electrons. The minimum atomic E-state index is -0.583. The molecular weight excluding hydrogens is 270 g/mol. The zero-order valence-corrected chi connectivity index (χ0v) is 11.1. The van der Waals surface area contributed by atoms with Gasteiger partial charge in [-0.05, 0) is 25.1 Å². The van der Waals surface area contributed by atoms with Gasteiger partial charge < -0.3 is 10.6 Å².